The first kappa shape index (κ1) is 18.2. The normalized spacial score (nSPS) is 10.8. The zero-order valence-electron chi connectivity index (χ0n) is 13.4. The van der Waals surface area contributed by atoms with Crippen LogP contribution in [0.2, 0.25) is 0 Å². The fourth-order valence-corrected chi connectivity index (χ4v) is 2.17. The third-order valence-corrected chi connectivity index (χ3v) is 3.47. The summed E-state index contributed by atoms with van der Waals surface area (Å²) in [5.74, 6) is -1.27. The number of non-ortho nitro benzene ring substituents is 1. The fraction of sp³-hybridized carbons (Fsp3) is 0.267. The van der Waals surface area contributed by atoms with Gasteiger partial charge in [-0.05, 0) is 12.1 Å². The maximum atomic E-state index is 12.5. The van der Waals surface area contributed by atoms with E-state index >= 15 is 0 Å². The SMILES string of the molecule is COC(Cn1c(-c2ccc([N+](=O)[O-])cc2)ncc(C(=O)O)c1=O)OC. The maximum Gasteiger partial charge on any atom is 0.342 e. The lowest BCUT2D eigenvalue weighted by molar-refractivity contribution is -0.384. The van der Waals surface area contributed by atoms with Gasteiger partial charge in [-0.3, -0.25) is 19.5 Å². The molecule has 0 aliphatic carbocycles. The predicted octanol–water partition coefficient (Wildman–Crippen LogP) is 1.14. The number of carboxylic acids is 1. The number of rotatable bonds is 7. The van der Waals surface area contributed by atoms with Gasteiger partial charge < -0.3 is 14.6 Å². The number of methoxy groups -OCH3 is 2. The van der Waals surface area contributed by atoms with Crippen LogP contribution in [0, 0.1) is 10.1 Å². The van der Waals surface area contributed by atoms with Crippen LogP contribution in [0.15, 0.2) is 35.3 Å². The van der Waals surface area contributed by atoms with Gasteiger partial charge in [0.2, 0.25) is 0 Å². The van der Waals surface area contributed by atoms with E-state index in [0.717, 1.165) is 10.8 Å². The van der Waals surface area contributed by atoms with Gasteiger partial charge in [-0.1, -0.05) is 0 Å². The van der Waals surface area contributed by atoms with Gasteiger partial charge in [0.25, 0.3) is 11.2 Å². The molecule has 1 aromatic heterocycles. The van der Waals surface area contributed by atoms with E-state index in [4.69, 9.17) is 14.6 Å². The zero-order valence-corrected chi connectivity index (χ0v) is 13.4. The molecule has 1 aromatic carbocycles. The van der Waals surface area contributed by atoms with Gasteiger partial charge in [0, 0.05) is 38.1 Å². The summed E-state index contributed by atoms with van der Waals surface area (Å²) < 4.78 is 11.2. The van der Waals surface area contributed by atoms with Crippen LogP contribution in [0.25, 0.3) is 11.4 Å². The minimum atomic E-state index is -1.41. The molecule has 0 atom stereocenters. The molecule has 0 saturated heterocycles. The number of aromatic nitrogens is 2. The largest absolute Gasteiger partial charge is 0.477 e. The number of nitro benzene ring substituents is 1. The summed E-state index contributed by atoms with van der Waals surface area (Å²) in [4.78, 5) is 37.9. The first-order chi connectivity index (χ1) is 11.9. The highest BCUT2D eigenvalue weighted by atomic mass is 16.7. The summed E-state index contributed by atoms with van der Waals surface area (Å²) in [6.07, 6.45) is 0.146. The monoisotopic (exact) mass is 349 g/mol. The Morgan fingerprint density at radius 2 is 1.92 bits per heavy atom. The van der Waals surface area contributed by atoms with Gasteiger partial charge >= 0.3 is 5.97 Å². The van der Waals surface area contributed by atoms with E-state index in [-0.39, 0.29) is 18.1 Å². The third kappa shape index (κ3) is 3.87. The quantitative estimate of drug-likeness (QED) is 0.447. The Bertz CT molecular complexity index is 841. The molecule has 0 aliphatic rings. The van der Waals surface area contributed by atoms with Crippen LogP contribution in [0.1, 0.15) is 10.4 Å². The van der Waals surface area contributed by atoms with Crippen molar-refractivity contribution in [2.45, 2.75) is 12.8 Å². The topological polar surface area (TPSA) is 134 Å². The molecule has 2 rings (SSSR count). The van der Waals surface area contributed by atoms with Crippen LogP contribution < -0.4 is 5.56 Å². The summed E-state index contributed by atoms with van der Waals surface area (Å²) in [5.41, 5.74) is -0.997. The number of carboxylic acid groups (broad SMARTS) is 1. The summed E-state index contributed by atoms with van der Waals surface area (Å²) in [5, 5.41) is 19.9. The number of nitrogens with zero attached hydrogens (tertiary/aromatic N) is 3. The van der Waals surface area contributed by atoms with Crippen molar-refractivity contribution in [1.29, 1.82) is 0 Å². The summed E-state index contributed by atoms with van der Waals surface area (Å²) in [6, 6.07) is 5.37. The highest BCUT2D eigenvalue weighted by Crippen LogP contribution is 2.20. The van der Waals surface area contributed by atoms with E-state index in [9.17, 15) is 19.7 Å². The van der Waals surface area contributed by atoms with Gasteiger partial charge in [-0.15, -0.1) is 0 Å². The lowest BCUT2D eigenvalue weighted by Gasteiger charge is -2.18. The predicted molar refractivity (Wildman–Crippen MR) is 85.4 cm³/mol. The molecular weight excluding hydrogens is 334 g/mol. The Balaban J connectivity index is 2.59. The molecule has 10 heteroatoms. The average Bonchev–Trinajstić information content (AvgIpc) is 2.60. The van der Waals surface area contributed by atoms with Crippen molar-refractivity contribution in [1.82, 2.24) is 9.55 Å². The number of ether oxygens (including phenoxy) is 2. The molecule has 2 aromatic rings. The standard InChI is InChI=1S/C15H15N3O7/c1-24-12(25-2)8-17-13(16-7-11(14(17)19)15(20)21)9-3-5-10(6-4-9)18(22)23/h3-7,12H,8H2,1-2H3,(H,20,21). The molecule has 0 spiro atoms. The Kier molecular flexibility index (Phi) is 5.57. The second kappa shape index (κ2) is 7.64. The maximum absolute atomic E-state index is 12.5. The molecule has 132 valence electrons. The number of nitro groups is 1. The Morgan fingerprint density at radius 1 is 1.32 bits per heavy atom. The van der Waals surface area contributed by atoms with Gasteiger partial charge in [-0.2, -0.15) is 0 Å². The molecule has 0 bridgehead atoms. The molecule has 1 N–H and O–H groups in total. The van der Waals surface area contributed by atoms with Crippen LogP contribution in [0.3, 0.4) is 0 Å². The highest BCUT2D eigenvalue weighted by Gasteiger charge is 2.19. The first-order valence-electron chi connectivity index (χ1n) is 7.02. The fourth-order valence-electron chi connectivity index (χ4n) is 2.17. The Morgan fingerprint density at radius 3 is 2.40 bits per heavy atom. The Hall–Kier alpha value is -3.11. The van der Waals surface area contributed by atoms with Crippen LogP contribution in [-0.2, 0) is 16.0 Å². The van der Waals surface area contributed by atoms with E-state index in [1.165, 1.54) is 38.5 Å². The van der Waals surface area contributed by atoms with Crippen LogP contribution >= 0.6 is 0 Å². The van der Waals surface area contributed by atoms with Crippen molar-refractivity contribution in [3.05, 3.63) is 56.5 Å². The second-order valence-electron chi connectivity index (χ2n) is 4.92. The molecule has 10 nitrogen and oxygen atoms in total. The van der Waals surface area contributed by atoms with E-state index in [1.54, 1.807) is 0 Å². The van der Waals surface area contributed by atoms with Crippen molar-refractivity contribution in [3.63, 3.8) is 0 Å². The molecule has 0 unspecified atom stereocenters. The van der Waals surface area contributed by atoms with Gasteiger partial charge in [0.1, 0.15) is 11.4 Å². The summed E-state index contributed by atoms with van der Waals surface area (Å²) in [6.45, 7) is -0.105. The van der Waals surface area contributed by atoms with E-state index in [0.29, 0.717) is 5.56 Å². The lowest BCUT2D eigenvalue weighted by Crippen LogP contribution is -2.33. The molecule has 25 heavy (non-hydrogen) atoms. The number of hydrogen-bond donors (Lipinski definition) is 1. The van der Waals surface area contributed by atoms with Gasteiger partial charge in [0.15, 0.2) is 6.29 Å². The van der Waals surface area contributed by atoms with E-state index in [1.807, 2.05) is 0 Å². The van der Waals surface area contributed by atoms with Crippen molar-refractivity contribution in [2.75, 3.05) is 14.2 Å². The van der Waals surface area contributed by atoms with Gasteiger partial charge in [0.05, 0.1) is 11.5 Å². The number of aromatic carboxylic acids is 1. The summed E-state index contributed by atoms with van der Waals surface area (Å²) >= 11 is 0. The lowest BCUT2D eigenvalue weighted by atomic mass is 10.2. The smallest absolute Gasteiger partial charge is 0.342 e. The van der Waals surface area contributed by atoms with Crippen molar-refractivity contribution >= 4 is 11.7 Å². The van der Waals surface area contributed by atoms with E-state index in [2.05, 4.69) is 4.98 Å². The zero-order chi connectivity index (χ0) is 18.6. The highest BCUT2D eigenvalue weighted by molar-refractivity contribution is 5.87. The minimum absolute atomic E-state index is 0.105. The van der Waals surface area contributed by atoms with Crippen molar-refractivity contribution < 1.29 is 24.3 Å². The second-order valence-corrected chi connectivity index (χ2v) is 4.92. The molecule has 0 aliphatic heterocycles. The van der Waals surface area contributed by atoms with Crippen LogP contribution in [0.4, 0.5) is 5.69 Å². The number of hydrogen-bond acceptors (Lipinski definition) is 7. The van der Waals surface area contributed by atoms with Crippen LogP contribution in [0.5, 0.6) is 0 Å². The Labute approximate surface area is 141 Å². The molecule has 0 radical (unpaired) electrons. The van der Waals surface area contributed by atoms with Crippen LogP contribution in [-0.4, -0.2) is 46.1 Å². The molecule has 0 saturated carbocycles. The number of carbonyl (C=O) groups is 1. The number of benzene rings is 1. The molecule has 0 fully saturated rings. The minimum Gasteiger partial charge on any atom is -0.477 e. The van der Waals surface area contributed by atoms with Gasteiger partial charge in [-0.25, -0.2) is 9.78 Å². The molecule has 0 amide bonds. The summed E-state index contributed by atoms with van der Waals surface area (Å²) in [7, 11) is 2.75. The van der Waals surface area contributed by atoms with E-state index < -0.39 is 28.3 Å². The first-order valence-corrected chi connectivity index (χ1v) is 7.02. The van der Waals surface area contributed by atoms with Crippen molar-refractivity contribution in [3.8, 4) is 11.4 Å². The third-order valence-electron chi connectivity index (χ3n) is 3.47. The van der Waals surface area contributed by atoms with Crippen molar-refractivity contribution in [2.24, 2.45) is 0 Å². The average molecular weight is 349 g/mol. The molecule has 1 heterocycles. The molecular formula is C15H15N3O7.